The molecule has 9 heavy (non-hydrogen) atoms. The Hall–Kier alpha value is -0.570. The molecule has 1 N–H and O–H groups in total. The highest BCUT2D eigenvalue weighted by atomic mass is 16.5. The molecule has 0 bridgehead atoms. The lowest BCUT2D eigenvalue weighted by atomic mass is 10.0. The van der Waals surface area contributed by atoms with Crippen LogP contribution in [-0.4, -0.2) is 25.7 Å². The largest absolute Gasteiger partial charge is 0.380 e. The number of nitrogens with one attached hydrogen (secondary N) is 1. The van der Waals surface area contributed by atoms with Gasteiger partial charge in [-0.25, -0.2) is 0 Å². The van der Waals surface area contributed by atoms with E-state index in [-0.39, 0.29) is 11.8 Å². The molecule has 0 spiro atoms. The number of carbonyl (C=O) groups excluding carboxylic acids is 1. The first-order chi connectivity index (χ1) is 4.38. The van der Waals surface area contributed by atoms with Gasteiger partial charge < -0.3 is 10.1 Å². The quantitative estimate of drug-likeness (QED) is 0.471. The van der Waals surface area contributed by atoms with Gasteiger partial charge in [-0.15, -0.1) is 0 Å². The van der Waals surface area contributed by atoms with Gasteiger partial charge >= 0.3 is 0 Å². The predicted octanol–water partition coefficient (Wildman–Crippen LogP) is -0.621. The molecular formula is C6H9NO2. The van der Waals surface area contributed by atoms with E-state index in [1.54, 1.807) is 0 Å². The van der Waals surface area contributed by atoms with Crippen molar-refractivity contribution >= 4 is 5.91 Å². The molecule has 1 amide bonds. The second kappa shape index (κ2) is 1.70. The van der Waals surface area contributed by atoms with Crippen molar-refractivity contribution in [2.24, 2.45) is 11.8 Å². The zero-order chi connectivity index (χ0) is 6.27. The first-order valence-electron chi connectivity index (χ1n) is 3.23. The number of rotatable bonds is 0. The average Bonchev–Trinajstić information content (AvgIpc) is 2.35. The Bertz CT molecular complexity index is 146. The van der Waals surface area contributed by atoms with Crippen LogP contribution < -0.4 is 5.32 Å². The molecular weight excluding hydrogens is 118 g/mol. The fraction of sp³-hybridized carbons (Fsp3) is 0.833. The summed E-state index contributed by atoms with van der Waals surface area (Å²) in [7, 11) is 0. The van der Waals surface area contributed by atoms with Crippen LogP contribution in [0.15, 0.2) is 0 Å². The van der Waals surface area contributed by atoms with Crippen molar-refractivity contribution in [3.63, 3.8) is 0 Å². The van der Waals surface area contributed by atoms with Gasteiger partial charge in [0.1, 0.15) is 0 Å². The van der Waals surface area contributed by atoms with Crippen LogP contribution in [0.5, 0.6) is 0 Å². The molecule has 0 aromatic heterocycles. The maximum atomic E-state index is 10.9. The van der Waals surface area contributed by atoms with E-state index in [1.165, 1.54) is 0 Å². The third-order valence-electron chi connectivity index (χ3n) is 2.07. The first-order valence-corrected chi connectivity index (χ1v) is 3.23. The highest BCUT2D eigenvalue weighted by Crippen LogP contribution is 2.24. The van der Waals surface area contributed by atoms with Crippen LogP contribution in [0.3, 0.4) is 0 Å². The van der Waals surface area contributed by atoms with Crippen molar-refractivity contribution in [3.8, 4) is 0 Å². The van der Waals surface area contributed by atoms with Crippen molar-refractivity contribution < 1.29 is 9.53 Å². The van der Waals surface area contributed by atoms with Gasteiger partial charge in [0.15, 0.2) is 0 Å². The monoisotopic (exact) mass is 127 g/mol. The molecule has 3 heteroatoms. The van der Waals surface area contributed by atoms with Crippen LogP contribution in [0.2, 0.25) is 0 Å². The third kappa shape index (κ3) is 0.645. The number of ether oxygens (including phenoxy) is 1. The summed E-state index contributed by atoms with van der Waals surface area (Å²) in [5, 5.41) is 2.80. The average molecular weight is 127 g/mol. The molecule has 0 saturated carbocycles. The van der Waals surface area contributed by atoms with Gasteiger partial charge in [0, 0.05) is 12.5 Å². The van der Waals surface area contributed by atoms with Crippen LogP contribution in [0, 0.1) is 11.8 Å². The maximum absolute atomic E-state index is 10.9. The molecule has 0 aromatic carbocycles. The lowest BCUT2D eigenvalue weighted by Crippen LogP contribution is -2.20. The topological polar surface area (TPSA) is 38.3 Å². The van der Waals surface area contributed by atoms with Gasteiger partial charge in [0.2, 0.25) is 5.91 Å². The summed E-state index contributed by atoms with van der Waals surface area (Å²) >= 11 is 0. The smallest absolute Gasteiger partial charge is 0.225 e. The molecule has 0 aliphatic carbocycles. The van der Waals surface area contributed by atoms with E-state index in [4.69, 9.17) is 4.74 Å². The van der Waals surface area contributed by atoms with Crippen LogP contribution in [-0.2, 0) is 9.53 Å². The highest BCUT2D eigenvalue weighted by Gasteiger charge is 2.38. The van der Waals surface area contributed by atoms with E-state index in [0.29, 0.717) is 12.5 Å². The van der Waals surface area contributed by atoms with Crippen LogP contribution >= 0.6 is 0 Å². The number of hydrogen-bond acceptors (Lipinski definition) is 2. The van der Waals surface area contributed by atoms with Gasteiger partial charge in [0.05, 0.1) is 19.1 Å². The van der Waals surface area contributed by atoms with E-state index >= 15 is 0 Å². The first kappa shape index (κ1) is 5.23. The van der Waals surface area contributed by atoms with E-state index < -0.39 is 0 Å². The zero-order valence-electron chi connectivity index (χ0n) is 5.09. The van der Waals surface area contributed by atoms with Crippen LogP contribution in [0.1, 0.15) is 0 Å². The van der Waals surface area contributed by atoms with Crippen molar-refractivity contribution in [2.75, 3.05) is 19.8 Å². The Balaban J connectivity index is 2.15. The fourth-order valence-corrected chi connectivity index (χ4v) is 1.45. The van der Waals surface area contributed by atoms with Crippen molar-refractivity contribution in [3.05, 3.63) is 0 Å². The number of amides is 1. The normalized spacial score (nSPS) is 40.7. The molecule has 2 saturated heterocycles. The lowest BCUT2D eigenvalue weighted by molar-refractivity contribution is -0.122. The predicted molar refractivity (Wildman–Crippen MR) is 30.8 cm³/mol. The third-order valence-corrected chi connectivity index (χ3v) is 2.07. The molecule has 2 fully saturated rings. The van der Waals surface area contributed by atoms with E-state index in [1.807, 2.05) is 0 Å². The lowest BCUT2D eigenvalue weighted by Gasteiger charge is -1.97. The number of carbonyl (C=O) groups is 1. The minimum absolute atomic E-state index is 0.171. The summed E-state index contributed by atoms with van der Waals surface area (Å²) in [6.45, 7) is 2.23. The molecule has 2 aliphatic rings. The minimum Gasteiger partial charge on any atom is -0.380 e. The Kier molecular flexibility index (Phi) is 0.990. The van der Waals surface area contributed by atoms with Gasteiger partial charge in [-0.2, -0.15) is 0 Å². The summed E-state index contributed by atoms with van der Waals surface area (Å²) in [5.41, 5.74) is 0. The van der Waals surface area contributed by atoms with Crippen LogP contribution in [0.4, 0.5) is 0 Å². The Morgan fingerprint density at radius 1 is 1.56 bits per heavy atom. The molecule has 2 atom stereocenters. The van der Waals surface area contributed by atoms with Crippen molar-refractivity contribution in [1.82, 2.24) is 5.32 Å². The molecule has 2 rings (SSSR count). The van der Waals surface area contributed by atoms with Crippen molar-refractivity contribution in [1.29, 1.82) is 0 Å². The molecule has 2 heterocycles. The molecule has 50 valence electrons. The van der Waals surface area contributed by atoms with E-state index in [9.17, 15) is 4.79 Å². The summed E-state index contributed by atoms with van der Waals surface area (Å²) in [6, 6.07) is 0. The molecule has 3 nitrogen and oxygen atoms in total. The van der Waals surface area contributed by atoms with E-state index in [2.05, 4.69) is 5.32 Å². The fourth-order valence-electron chi connectivity index (χ4n) is 1.45. The zero-order valence-corrected chi connectivity index (χ0v) is 5.09. The number of fused-ring (bicyclic) bond motifs is 1. The molecule has 0 radical (unpaired) electrons. The second-order valence-electron chi connectivity index (χ2n) is 2.65. The molecule has 0 aromatic rings. The maximum Gasteiger partial charge on any atom is 0.225 e. The second-order valence-corrected chi connectivity index (χ2v) is 2.65. The summed E-state index contributed by atoms with van der Waals surface area (Å²) in [4.78, 5) is 10.9. The SMILES string of the molecule is O=C1NC[C@@H]2COC[C@@H]12. The van der Waals surface area contributed by atoms with Crippen LogP contribution in [0.25, 0.3) is 0 Å². The number of hydrogen-bond donors (Lipinski definition) is 1. The van der Waals surface area contributed by atoms with E-state index in [0.717, 1.165) is 13.2 Å². The van der Waals surface area contributed by atoms with Gasteiger partial charge in [-0.05, 0) is 0 Å². The van der Waals surface area contributed by atoms with Crippen molar-refractivity contribution in [2.45, 2.75) is 0 Å². The Morgan fingerprint density at radius 2 is 2.44 bits per heavy atom. The summed E-state index contributed by atoms with van der Waals surface area (Å²) < 4.78 is 5.12. The van der Waals surface area contributed by atoms with Gasteiger partial charge in [0.25, 0.3) is 0 Å². The summed E-state index contributed by atoms with van der Waals surface area (Å²) in [5.74, 6) is 0.819. The Morgan fingerprint density at radius 3 is 3.22 bits per heavy atom. The van der Waals surface area contributed by atoms with Gasteiger partial charge in [-0.3, -0.25) is 4.79 Å². The van der Waals surface area contributed by atoms with Gasteiger partial charge in [-0.1, -0.05) is 0 Å². The Labute approximate surface area is 53.4 Å². The molecule has 2 aliphatic heterocycles. The summed E-state index contributed by atoms with van der Waals surface area (Å²) in [6.07, 6.45) is 0. The standard InChI is InChI=1S/C6H9NO2/c8-6-5-3-9-2-4(5)1-7-6/h4-5H,1-3H2,(H,7,8)/t4-,5-/m1/s1. The highest BCUT2D eigenvalue weighted by molar-refractivity contribution is 5.81. The molecule has 0 unspecified atom stereocenters. The minimum atomic E-state index is 0.171.